The molecule has 2 N–H and O–H groups in total. The van der Waals surface area contributed by atoms with Gasteiger partial charge in [-0.25, -0.2) is 0 Å². The van der Waals surface area contributed by atoms with Crippen molar-refractivity contribution < 1.29 is 4.79 Å². The van der Waals surface area contributed by atoms with E-state index in [1.807, 2.05) is 18.7 Å². The number of likely N-dealkylation sites (N-methyl/N-ethyl adjacent to an activating group) is 1. The molecule has 2 atom stereocenters. The lowest BCUT2D eigenvalue weighted by atomic mass is 10.2. The van der Waals surface area contributed by atoms with Gasteiger partial charge in [-0.3, -0.25) is 4.79 Å². The Kier molecular flexibility index (Phi) is 7.09. The second-order valence-corrected chi connectivity index (χ2v) is 4.23. The van der Waals surface area contributed by atoms with E-state index in [9.17, 15) is 4.79 Å². The number of hydrogen-bond donors (Lipinski definition) is 2. The predicted molar refractivity (Wildman–Crippen MR) is 59.1 cm³/mol. The molecule has 0 aliphatic heterocycles. The molecule has 0 spiro atoms. The molecular formula is C9H20N2OS. The third kappa shape index (κ3) is 5.93. The van der Waals surface area contributed by atoms with Crippen molar-refractivity contribution in [2.45, 2.75) is 19.9 Å². The minimum absolute atomic E-state index is 0.0791. The van der Waals surface area contributed by atoms with E-state index in [1.54, 1.807) is 7.05 Å². The average molecular weight is 204 g/mol. The number of carbonyl (C=O) groups excluding carboxylic acids is 1. The van der Waals surface area contributed by atoms with Gasteiger partial charge in [-0.15, -0.1) is 0 Å². The van der Waals surface area contributed by atoms with Crippen LogP contribution < -0.4 is 10.6 Å². The van der Waals surface area contributed by atoms with Gasteiger partial charge in [0.05, 0.1) is 6.04 Å². The van der Waals surface area contributed by atoms with Gasteiger partial charge in [0.2, 0.25) is 5.91 Å². The normalized spacial score (nSPS) is 15.1. The lowest BCUT2D eigenvalue weighted by molar-refractivity contribution is -0.122. The monoisotopic (exact) mass is 204 g/mol. The zero-order valence-corrected chi connectivity index (χ0v) is 9.70. The van der Waals surface area contributed by atoms with Crippen molar-refractivity contribution in [2.24, 2.45) is 5.92 Å². The maximum atomic E-state index is 11.3. The van der Waals surface area contributed by atoms with Gasteiger partial charge in [0, 0.05) is 6.54 Å². The van der Waals surface area contributed by atoms with Crippen molar-refractivity contribution in [2.75, 3.05) is 25.6 Å². The highest BCUT2D eigenvalue weighted by Gasteiger charge is 2.10. The molecule has 0 aromatic heterocycles. The van der Waals surface area contributed by atoms with E-state index in [0.29, 0.717) is 5.92 Å². The first-order valence-corrected chi connectivity index (χ1v) is 5.95. The van der Waals surface area contributed by atoms with Crippen molar-refractivity contribution in [3.8, 4) is 0 Å². The molecule has 0 radical (unpaired) electrons. The summed E-state index contributed by atoms with van der Waals surface area (Å²) in [6, 6.07) is -0.0959. The molecule has 0 aromatic rings. The number of hydrogen-bond acceptors (Lipinski definition) is 3. The van der Waals surface area contributed by atoms with Gasteiger partial charge in [-0.2, -0.15) is 11.8 Å². The van der Waals surface area contributed by atoms with E-state index in [4.69, 9.17) is 0 Å². The Morgan fingerprint density at radius 3 is 2.54 bits per heavy atom. The molecule has 1 amide bonds. The zero-order valence-electron chi connectivity index (χ0n) is 8.89. The lowest BCUT2D eigenvalue weighted by Gasteiger charge is -2.14. The number of amides is 1. The minimum Gasteiger partial charge on any atom is -0.354 e. The van der Waals surface area contributed by atoms with Crippen molar-refractivity contribution in [3.63, 3.8) is 0 Å². The first-order valence-electron chi connectivity index (χ1n) is 4.55. The molecule has 78 valence electrons. The van der Waals surface area contributed by atoms with Crippen LogP contribution in [0.3, 0.4) is 0 Å². The van der Waals surface area contributed by atoms with Gasteiger partial charge in [-0.1, -0.05) is 6.92 Å². The molecule has 0 aromatic carbocycles. The van der Waals surface area contributed by atoms with Gasteiger partial charge in [0.15, 0.2) is 0 Å². The van der Waals surface area contributed by atoms with E-state index in [1.165, 1.54) is 0 Å². The fourth-order valence-electron chi connectivity index (χ4n) is 0.902. The summed E-state index contributed by atoms with van der Waals surface area (Å²) in [4.78, 5) is 11.3. The highest BCUT2D eigenvalue weighted by Crippen LogP contribution is 2.02. The van der Waals surface area contributed by atoms with E-state index in [-0.39, 0.29) is 11.9 Å². The summed E-state index contributed by atoms with van der Waals surface area (Å²) >= 11 is 1.81. The summed E-state index contributed by atoms with van der Waals surface area (Å²) < 4.78 is 0. The molecule has 0 rings (SSSR count). The van der Waals surface area contributed by atoms with Crippen LogP contribution in [0.1, 0.15) is 13.8 Å². The Balaban J connectivity index is 3.57. The molecule has 13 heavy (non-hydrogen) atoms. The summed E-state index contributed by atoms with van der Waals surface area (Å²) in [7, 11) is 1.79. The van der Waals surface area contributed by atoms with Crippen LogP contribution in [-0.2, 0) is 4.79 Å². The van der Waals surface area contributed by atoms with Crippen molar-refractivity contribution >= 4 is 17.7 Å². The number of rotatable bonds is 6. The second kappa shape index (κ2) is 7.21. The highest BCUT2D eigenvalue weighted by atomic mass is 32.2. The van der Waals surface area contributed by atoms with Crippen LogP contribution in [0.2, 0.25) is 0 Å². The van der Waals surface area contributed by atoms with E-state index in [2.05, 4.69) is 23.8 Å². The Bertz CT molecular complexity index is 153. The van der Waals surface area contributed by atoms with E-state index < -0.39 is 0 Å². The van der Waals surface area contributed by atoms with Gasteiger partial charge in [0.25, 0.3) is 0 Å². The smallest absolute Gasteiger partial charge is 0.236 e. The fraction of sp³-hybridized carbons (Fsp3) is 0.889. The molecule has 4 heteroatoms. The topological polar surface area (TPSA) is 41.1 Å². The average Bonchev–Trinajstić information content (AvgIpc) is 2.13. The van der Waals surface area contributed by atoms with Crippen LogP contribution in [0, 0.1) is 5.92 Å². The fourth-order valence-corrected chi connectivity index (χ4v) is 1.59. The van der Waals surface area contributed by atoms with Crippen LogP contribution in [0.4, 0.5) is 0 Å². The lowest BCUT2D eigenvalue weighted by Crippen LogP contribution is -2.42. The van der Waals surface area contributed by atoms with E-state index in [0.717, 1.165) is 12.3 Å². The first kappa shape index (κ1) is 12.8. The number of carbonyl (C=O) groups is 1. The number of nitrogens with one attached hydrogen (secondary N) is 2. The molecule has 0 saturated heterocycles. The highest BCUT2D eigenvalue weighted by molar-refractivity contribution is 7.98. The summed E-state index contributed by atoms with van der Waals surface area (Å²) in [6.45, 7) is 4.76. The van der Waals surface area contributed by atoms with Crippen LogP contribution >= 0.6 is 11.8 Å². The largest absolute Gasteiger partial charge is 0.354 e. The SMILES string of the molecule is CNC(C)C(=O)NCC(C)CSC. The quantitative estimate of drug-likeness (QED) is 0.669. The summed E-state index contributed by atoms with van der Waals surface area (Å²) in [6.07, 6.45) is 2.08. The third-order valence-corrected chi connectivity index (χ3v) is 2.80. The number of thioether (sulfide) groups is 1. The zero-order chi connectivity index (χ0) is 10.3. The first-order chi connectivity index (χ1) is 6.11. The molecule has 0 heterocycles. The summed E-state index contributed by atoms with van der Waals surface area (Å²) in [5, 5.41) is 5.81. The maximum Gasteiger partial charge on any atom is 0.236 e. The second-order valence-electron chi connectivity index (χ2n) is 3.32. The molecule has 2 unspecified atom stereocenters. The Labute approximate surface area is 85.0 Å². The van der Waals surface area contributed by atoms with Crippen molar-refractivity contribution in [1.29, 1.82) is 0 Å². The molecule has 0 aliphatic rings. The van der Waals surface area contributed by atoms with Crippen LogP contribution in [-0.4, -0.2) is 37.6 Å². The van der Waals surface area contributed by atoms with Gasteiger partial charge in [0.1, 0.15) is 0 Å². The predicted octanol–water partition coefficient (Wildman–Crippen LogP) is 0.710. The van der Waals surface area contributed by atoms with E-state index >= 15 is 0 Å². The third-order valence-electron chi connectivity index (χ3n) is 1.90. The summed E-state index contributed by atoms with van der Waals surface area (Å²) in [5.41, 5.74) is 0. The Morgan fingerprint density at radius 1 is 1.46 bits per heavy atom. The van der Waals surface area contributed by atoms with Gasteiger partial charge < -0.3 is 10.6 Å². The van der Waals surface area contributed by atoms with Crippen molar-refractivity contribution in [3.05, 3.63) is 0 Å². The van der Waals surface area contributed by atoms with Gasteiger partial charge >= 0.3 is 0 Å². The molecule has 0 bridgehead atoms. The van der Waals surface area contributed by atoms with Gasteiger partial charge in [-0.05, 0) is 31.9 Å². The Morgan fingerprint density at radius 2 is 2.08 bits per heavy atom. The van der Waals surface area contributed by atoms with Crippen LogP contribution in [0.15, 0.2) is 0 Å². The van der Waals surface area contributed by atoms with Crippen LogP contribution in [0.25, 0.3) is 0 Å². The Hall–Kier alpha value is -0.220. The van der Waals surface area contributed by atoms with Crippen LogP contribution in [0.5, 0.6) is 0 Å². The summed E-state index contributed by atoms with van der Waals surface area (Å²) in [5.74, 6) is 1.72. The molecule has 0 fully saturated rings. The minimum atomic E-state index is -0.0959. The molecule has 3 nitrogen and oxygen atoms in total. The molecule has 0 saturated carbocycles. The standard InChI is InChI=1S/C9H20N2OS/c1-7(6-13-4)5-11-9(12)8(2)10-3/h7-8,10H,5-6H2,1-4H3,(H,11,12). The maximum absolute atomic E-state index is 11.3. The molecular weight excluding hydrogens is 184 g/mol. The molecule has 0 aliphatic carbocycles. The van der Waals surface area contributed by atoms with Crippen molar-refractivity contribution in [1.82, 2.24) is 10.6 Å².